The van der Waals surface area contributed by atoms with Gasteiger partial charge in [0.15, 0.2) is 5.69 Å². The Bertz CT molecular complexity index is 4150. The molecule has 0 aliphatic heterocycles. The van der Waals surface area contributed by atoms with E-state index in [1.807, 2.05) is 12.1 Å². The van der Waals surface area contributed by atoms with E-state index < -0.39 is 0 Å². The summed E-state index contributed by atoms with van der Waals surface area (Å²) < 4.78 is 9.47. The summed E-state index contributed by atoms with van der Waals surface area (Å²) in [6.45, 7) is 8.15. The lowest BCUT2D eigenvalue weighted by Crippen LogP contribution is -2.04. The highest BCUT2D eigenvalue weighted by Crippen LogP contribution is 2.45. The van der Waals surface area contributed by atoms with Gasteiger partial charge in [0, 0.05) is 65.6 Å². The maximum atomic E-state index is 10.4. The molecule has 0 amide bonds. The highest BCUT2D eigenvalue weighted by molar-refractivity contribution is 6.15. The number of nitriles is 1. The molecule has 0 atom stereocenters. The molecule has 68 heavy (non-hydrogen) atoms. The molecule has 6 heteroatoms. The van der Waals surface area contributed by atoms with Gasteiger partial charge >= 0.3 is 0 Å². The van der Waals surface area contributed by atoms with Crippen molar-refractivity contribution in [2.24, 2.45) is 0 Å². The Kier molecular flexibility index (Phi) is 8.01. The van der Waals surface area contributed by atoms with E-state index in [0.717, 1.165) is 99.6 Å². The highest BCUT2D eigenvalue weighted by atomic mass is 15.0. The van der Waals surface area contributed by atoms with E-state index in [4.69, 9.17) is 6.57 Å². The SMILES string of the molecule is [C-]#[N+]c1cc(C#N)cc(-c2c(-n3c4ccccc4c4cc(-n5c6ccccc6c6ccccc65)ccc43)cccc2-n2c3ccccc3c3cc(-n4c5ccccc5c5ccccc54)ccc32)c1. The fourth-order valence-electron chi connectivity index (χ4n) is 11.2. The summed E-state index contributed by atoms with van der Waals surface area (Å²) >= 11 is 0. The molecule has 0 saturated carbocycles. The Morgan fingerprint density at radius 3 is 1.07 bits per heavy atom. The van der Waals surface area contributed by atoms with Crippen molar-refractivity contribution in [3.63, 3.8) is 0 Å². The van der Waals surface area contributed by atoms with Crippen LogP contribution in [-0.4, -0.2) is 18.3 Å². The van der Waals surface area contributed by atoms with Gasteiger partial charge < -0.3 is 18.3 Å². The molecular weight excluding hydrogens is 829 g/mol. The Morgan fingerprint density at radius 2 is 0.691 bits per heavy atom. The normalized spacial score (nSPS) is 11.8. The summed E-state index contributed by atoms with van der Waals surface area (Å²) in [4.78, 5) is 3.88. The topological polar surface area (TPSA) is 47.9 Å². The first-order valence-electron chi connectivity index (χ1n) is 22.8. The maximum Gasteiger partial charge on any atom is 0.189 e. The minimum atomic E-state index is 0.413. The van der Waals surface area contributed by atoms with E-state index >= 15 is 0 Å². The molecule has 0 aliphatic carbocycles. The fraction of sp³-hybridized carbons (Fsp3) is 0. The van der Waals surface area contributed by atoms with Gasteiger partial charge in [-0.2, -0.15) is 5.26 Å². The van der Waals surface area contributed by atoms with Crippen molar-refractivity contribution in [2.45, 2.75) is 0 Å². The first-order valence-corrected chi connectivity index (χ1v) is 22.8. The van der Waals surface area contributed by atoms with Crippen LogP contribution in [0.25, 0.3) is 126 Å². The van der Waals surface area contributed by atoms with Gasteiger partial charge in [-0.3, -0.25) is 0 Å². The van der Waals surface area contributed by atoms with Crippen LogP contribution < -0.4 is 0 Å². The standard InChI is InChI=1S/C62H36N6/c1-64-41-34-39(38-63)33-40(35-41)62-60(67-56-25-12-6-19-48(56)50-36-42(29-31-58(50)67)65-52-21-8-2-15-44(52)45-16-3-9-22-53(45)65)27-14-28-61(62)68-57-26-13-7-20-49(57)51-37-43(30-32-59(51)68)66-54-23-10-4-17-46(54)47-18-5-11-24-55(47)66/h2-37H. The Hall–Kier alpha value is -9.62. The van der Waals surface area contributed by atoms with Crippen molar-refractivity contribution in [3.05, 3.63) is 235 Å². The first-order chi connectivity index (χ1) is 33.7. The average Bonchev–Trinajstić information content (AvgIpc) is 4.13. The number of benzene rings is 10. The van der Waals surface area contributed by atoms with Crippen LogP contribution in [0.4, 0.5) is 5.69 Å². The molecule has 314 valence electrons. The summed E-state index contributed by atoms with van der Waals surface area (Å²) in [5.74, 6) is 0. The molecule has 10 aromatic carbocycles. The molecule has 0 unspecified atom stereocenters. The number of hydrogen-bond donors (Lipinski definition) is 0. The third kappa shape index (κ3) is 5.31. The molecule has 0 radical (unpaired) electrons. The fourth-order valence-corrected chi connectivity index (χ4v) is 11.2. The lowest BCUT2D eigenvalue weighted by atomic mass is 9.98. The molecule has 6 nitrogen and oxygen atoms in total. The van der Waals surface area contributed by atoms with E-state index in [-0.39, 0.29) is 0 Å². The molecule has 0 spiro atoms. The first kappa shape index (κ1) is 37.7. The summed E-state index contributed by atoms with van der Waals surface area (Å²) in [6, 6.07) is 79.7. The molecular formula is C62H36N6. The zero-order chi connectivity index (χ0) is 45.0. The molecule has 0 N–H and O–H groups in total. The predicted octanol–water partition coefficient (Wildman–Crippen LogP) is 16.2. The van der Waals surface area contributed by atoms with Crippen molar-refractivity contribution in [3.8, 4) is 39.9 Å². The van der Waals surface area contributed by atoms with Crippen LogP contribution >= 0.6 is 0 Å². The van der Waals surface area contributed by atoms with Gasteiger partial charge in [0.05, 0.1) is 68.1 Å². The summed E-state index contributed by atoms with van der Waals surface area (Å²) in [7, 11) is 0. The number of rotatable bonds is 5. The monoisotopic (exact) mass is 864 g/mol. The number of nitrogens with zero attached hydrogens (tertiary/aromatic N) is 6. The lowest BCUT2D eigenvalue weighted by molar-refractivity contribution is 1.13. The van der Waals surface area contributed by atoms with E-state index in [9.17, 15) is 5.26 Å². The second kappa shape index (κ2) is 14.4. The zero-order valence-corrected chi connectivity index (χ0v) is 36.5. The third-order valence-corrected chi connectivity index (χ3v) is 14.0. The van der Waals surface area contributed by atoms with Crippen molar-refractivity contribution in [1.29, 1.82) is 5.26 Å². The lowest BCUT2D eigenvalue weighted by Gasteiger charge is -2.20. The second-order valence-electron chi connectivity index (χ2n) is 17.5. The average molecular weight is 865 g/mol. The van der Waals surface area contributed by atoms with E-state index in [2.05, 4.69) is 229 Å². The van der Waals surface area contributed by atoms with Gasteiger partial charge in [-0.25, -0.2) is 4.85 Å². The zero-order valence-electron chi connectivity index (χ0n) is 36.5. The molecule has 0 fully saturated rings. The van der Waals surface area contributed by atoms with Gasteiger partial charge in [0.1, 0.15) is 0 Å². The quantitative estimate of drug-likeness (QED) is 0.159. The summed E-state index contributed by atoms with van der Waals surface area (Å²) in [5, 5.41) is 19.8. The minimum Gasteiger partial charge on any atom is -0.309 e. The molecule has 4 aromatic heterocycles. The van der Waals surface area contributed by atoms with Crippen LogP contribution in [0.5, 0.6) is 0 Å². The van der Waals surface area contributed by atoms with Crippen LogP contribution in [0.3, 0.4) is 0 Å². The van der Waals surface area contributed by atoms with Gasteiger partial charge in [-0.1, -0.05) is 115 Å². The maximum absolute atomic E-state index is 10.4. The smallest absolute Gasteiger partial charge is 0.189 e. The molecule has 0 bridgehead atoms. The van der Waals surface area contributed by atoms with Crippen LogP contribution in [-0.2, 0) is 0 Å². The number of fused-ring (bicyclic) bond motifs is 12. The Morgan fingerprint density at radius 1 is 0.338 bits per heavy atom. The van der Waals surface area contributed by atoms with Gasteiger partial charge in [0.2, 0.25) is 0 Å². The molecule has 0 saturated heterocycles. The molecule has 4 heterocycles. The molecule has 0 aliphatic rings. The number of aromatic nitrogens is 4. The Labute approximate surface area is 390 Å². The number of para-hydroxylation sites is 6. The van der Waals surface area contributed by atoms with Crippen LogP contribution in [0.1, 0.15) is 5.56 Å². The predicted molar refractivity (Wildman–Crippen MR) is 280 cm³/mol. The van der Waals surface area contributed by atoms with Gasteiger partial charge in [-0.15, -0.1) is 0 Å². The van der Waals surface area contributed by atoms with Gasteiger partial charge in [0.25, 0.3) is 0 Å². The van der Waals surface area contributed by atoms with E-state index in [1.165, 1.54) is 21.5 Å². The largest absolute Gasteiger partial charge is 0.309 e. The molecule has 14 rings (SSSR count). The van der Waals surface area contributed by atoms with Crippen LogP contribution in [0.2, 0.25) is 0 Å². The third-order valence-electron chi connectivity index (χ3n) is 14.0. The van der Waals surface area contributed by atoms with Crippen molar-refractivity contribution in [1.82, 2.24) is 18.3 Å². The summed E-state index contributed by atoms with van der Waals surface area (Å²) in [6.07, 6.45) is 0. The summed E-state index contributed by atoms with van der Waals surface area (Å²) in [5.41, 5.74) is 15.5. The number of hydrogen-bond acceptors (Lipinski definition) is 1. The van der Waals surface area contributed by atoms with E-state index in [1.54, 1.807) is 6.07 Å². The van der Waals surface area contributed by atoms with Crippen molar-refractivity contribution < 1.29 is 0 Å². The van der Waals surface area contributed by atoms with Crippen LogP contribution in [0, 0.1) is 17.9 Å². The van der Waals surface area contributed by atoms with E-state index in [0.29, 0.717) is 11.3 Å². The van der Waals surface area contributed by atoms with Crippen molar-refractivity contribution >= 4 is 92.9 Å². The molecule has 14 aromatic rings. The van der Waals surface area contributed by atoms with Gasteiger partial charge in [-0.05, 0) is 109 Å². The minimum absolute atomic E-state index is 0.413. The highest BCUT2D eigenvalue weighted by Gasteiger charge is 2.24. The Balaban J connectivity index is 1.06. The van der Waals surface area contributed by atoms with Crippen LogP contribution in [0.15, 0.2) is 218 Å². The van der Waals surface area contributed by atoms with Crippen molar-refractivity contribution in [2.75, 3.05) is 0 Å². The second-order valence-corrected chi connectivity index (χ2v) is 17.5.